The van der Waals surface area contributed by atoms with Crippen LogP contribution in [0.5, 0.6) is 0 Å². The monoisotopic (exact) mass is 910 g/mol. The van der Waals surface area contributed by atoms with E-state index in [-0.39, 0.29) is 16.2 Å². The fraction of sp³-hybridized carbons (Fsp3) is 0.197. The Balaban J connectivity index is 1.11. The van der Waals surface area contributed by atoms with Crippen LogP contribution >= 0.6 is 0 Å². The number of benzene rings is 8. The number of nitrogens with zero attached hydrogens (tertiary/aromatic N) is 4. The summed E-state index contributed by atoms with van der Waals surface area (Å²) >= 11 is 0. The van der Waals surface area contributed by atoms with Gasteiger partial charge in [-0.1, -0.05) is 207 Å². The van der Waals surface area contributed by atoms with Crippen molar-refractivity contribution in [1.82, 2.24) is 9.55 Å². The molecule has 4 nitrogen and oxygen atoms in total. The van der Waals surface area contributed by atoms with E-state index in [1.54, 1.807) is 0 Å². The maximum atomic E-state index is 5.14. The third-order valence-electron chi connectivity index (χ3n) is 15.0. The molecule has 0 unspecified atom stereocenters. The lowest BCUT2D eigenvalue weighted by atomic mass is 9.65. The van der Waals surface area contributed by atoms with Crippen LogP contribution < -0.4 is 9.80 Å². The average Bonchev–Trinajstić information content (AvgIpc) is 3.93. The van der Waals surface area contributed by atoms with Gasteiger partial charge in [-0.15, -0.1) is 0 Å². The number of hydrogen-bond donors (Lipinski definition) is 0. The molecule has 3 heterocycles. The van der Waals surface area contributed by atoms with E-state index in [9.17, 15) is 0 Å². The van der Waals surface area contributed by atoms with E-state index in [4.69, 9.17) is 4.98 Å². The van der Waals surface area contributed by atoms with Crippen LogP contribution in [0.1, 0.15) is 99.9 Å². The van der Waals surface area contributed by atoms with Gasteiger partial charge in [0.05, 0.1) is 27.8 Å². The molecule has 0 bridgehead atoms. The molecule has 1 aliphatic rings. The average molecular weight is 911 g/mol. The van der Waals surface area contributed by atoms with Crippen LogP contribution in [0.15, 0.2) is 219 Å². The van der Waals surface area contributed by atoms with Crippen molar-refractivity contribution in [3.63, 3.8) is 0 Å². The van der Waals surface area contributed by atoms with Crippen LogP contribution in [0.3, 0.4) is 0 Å². The Bertz CT molecular complexity index is 3450. The number of para-hydroxylation sites is 3. The lowest BCUT2D eigenvalue weighted by Crippen LogP contribution is -2.31. The molecule has 0 aliphatic carbocycles. The molecular weight excluding hydrogens is 849 g/mol. The quantitative estimate of drug-likeness (QED) is 0.135. The molecule has 8 aromatic carbocycles. The molecule has 11 rings (SSSR count). The maximum absolute atomic E-state index is 5.14. The van der Waals surface area contributed by atoms with E-state index in [1.165, 1.54) is 72.3 Å². The first-order valence-corrected chi connectivity index (χ1v) is 24.8. The summed E-state index contributed by atoms with van der Waals surface area (Å²) in [6.45, 7) is 19.2. The number of aromatic nitrogens is 2. The Hall–Kier alpha value is -7.69. The van der Waals surface area contributed by atoms with Gasteiger partial charge in [0.15, 0.2) is 0 Å². The van der Waals surface area contributed by atoms with Crippen molar-refractivity contribution in [3.8, 4) is 5.82 Å². The van der Waals surface area contributed by atoms with E-state index in [0.717, 1.165) is 22.5 Å². The van der Waals surface area contributed by atoms with Crippen molar-refractivity contribution in [2.24, 2.45) is 0 Å². The highest BCUT2D eigenvalue weighted by Gasteiger charge is 2.40. The molecule has 0 spiro atoms. The third kappa shape index (κ3) is 7.58. The number of hydrogen-bond acceptors (Lipinski definition) is 3. The van der Waals surface area contributed by atoms with Crippen molar-refractivity contribution < 1.29 is 0 Å². The molecule has 0 amide bonds. The SMILES string of the molecule is CC(C)(C)c1cc(N2CN(c3cccc(C(c4ccccc4)(c4ccccc4)c4ccc5c6ccccc6n(-c6cc(C(C)(C)c7ccccc7)ccn6)c5c4)c3)c3ccccc32)cc(C(C)(C)C)c1. The van der Waals surface area contributed by atoms with Crippen molar-refractivity contribution >= 4 is 44.6 Å². The van der Waals surface area contributed by atoms with Crippen LogP contribution in [0, 0.1) is 0 Å². The molecule has 0 saturated carbocycles. The topological polar surface area (TPSA) is 24.3 Å². The molecule has 1 aliphatic heterocycles. The smallest absolute Gasteiger partial charge is 0.137 e. The summed E-state index contributed by atoms with van der Waals surface area (Å²) in [4.78, 5) is 10.1. The van der Waals surface area contributed by atoms with Gasteiger partial charge >= 0.3 is 0 Å². The summed E-state index contributed by atoms with van der Waals surface area (Å²) in [5.41, 5.74) is 16.0. The highest BCUT2D eigenvalue weighted by Crippen LogP contribution is 2.50. The Morgan fingerprint density at radius 2 is 0.857 bits per heavy atom. The second kappa shape index (κ2) is 17.1. The molecule has 2 aromatic heterocycles. The van der Waals surface area contributed by atoms with Gasteiger partial charge in [-0.05, 0) is 116 Å². The maximum Gasteiger partial charge on any atom is 0.137 e. The molecule has 0 fully saturated rings. The normalized spacial score (nSPS) is 13.3. The van der Waals surface area contributed by atoms with Gasteiger partial charge in [-0.25, -0.2) is 4.98 Å². The molecule has 10 aromatic rings. The first-order valence-electron chi connectivity index (χ1n) is 24.8. The predicted octanol–water partition coefficient (Wildman–Crippen LogP) is 16.7. The lowest BCUT2D eigenvalue weighted by Gasteiger charge is -2.37. The zero-order valence-corrected chi connectivity index (χ0v) is 41.8. The van der Waals surface area contributed by atoms with E-state index >= 15 is 0 Å². The zero-order chi connectivity index (χ0) is 48.4. The molecule has 346 valence electrons. The van der Waals surface area contributed by atoms with E-state index < -0.39 is 5.41 Å². The van der Waals surface area contributed by atoms with Crippen LogP contribution in [0.2, 0.25) is 0 Å². The molecule has 0 radical (unpaired) electrons. The summed E-state index contributed by atoms with van der Waals surface area (Å²) < 4.78 is 2.38. The fourth-order valence-corrected chi connectivity index (χ4v) is 11.0. The van der Waals surface area contributed by atoms with Gasteiger partial charge in [0, 0.05) is 33.8 Å². The first kappa shape index (κ1) is 44.8. The van der Waals surface area contributed by atoms with Crippen LogP contribution in [-0.4, -0.2) is 16.2 Å². The third-order valence-corrected chi connectivity index (χ3v) is 15.0. The van der Waals surface area contributed by atoms with Gasteiger partial charge < -0.3 is 9.80 Å². The Morgan fingerprint density at radius 1 is 0.357 bits per heavy atom. The Labute approximate surface area is 414 Å². The van der Waals surface area contributed by atoms with Gasteiger partial charge in [0.25, 0.3) is 0 Å². The number of fused-ring (bicyclic) bond motifs is 4. The van der Waals surface area contributed by atoms with Gasteiger partial charge in [-0.2, -0.15) is 0 Å². The second-order valence-corrected chi connectivity index (χ2v) is 21.8. The van der Waals surface area contributed by atoms with Crippen molar-refractivity contribution in [3.05, 3.63) is 263 Å². The zero-order valence-electron chi connectivity index (χ0n) is 41.8. The standard InChI is InChI=1S/C66H62N4/c1-63(2,3)52-39-53(64(4,5)6)42-55(41-52)69-45-68(59-33-20-21-34-60(59)69)54-30-22-29-50(40-54)66(47-25-14-10-15-26-47,48-27-16-11-17-28-48)51-35-36-57-56-31-18-19-32-58(56)70(61(57)43-51)62-44-49(37-38-67-62)65(7,8)46-23-12-9-13-24-46/h9-44H,45H2,1-8H3. The van der Waals surface area contributed by atoms with Gasteiger partial charge in [0.2, 0.25) is 0 Å². The van der Waals surface area contributed by atoms with Crippen LogP contribution in [0.25, 0.3) is 27.6 Å². The van der Waals surface area contributed by atoms with Gasteiger partial charge in [-0.3, -0.25) is 4.57 Å². The molecular formula is C66H62N4. The molecule has 0 saturated heterocycles. The summed E-state index contributed by atoms with van der Waals surface area (Å²) in [6, 6.07) is 78.8. The number of pyridine rings is 1. The minimum absolute atomic E-state index is 0.00130. The van der Waals surface area contributed by atoms with Crippen LogP contribution in [-0.2, 0) is 21.7 Å². The summed E-state index contributed by atoms with van der Waals surface area (Å²) in [6.07, 6.45) is 1.98. The van der Waals surface area contributed by atoms with Crippen molar-refractivity contribution in [1.29, 1.82) is 0 Å². The second-order valence-electron chi connectivity index (χ2n) is 21.8. The highest BCUT2D eigenvalue weighted by molar-refractivity contribution is 6.09. The summed E-state index contributed by atoms with van der Waals surface area (Å²) in [5, 5.41) is 2.39. The molecule has 70 heavy (non-hydrogen) atoms. The highest BCUT2D eigenvalue weighted by atomic mass is 15.4. The van der Waals surface area contributed by atoms with Crippen molar-refractivity contribution in [2.75, 3.05) is 16.5 Å². The molecule has 0 atom stereocenters. The predicted molar refractivity (Wildman–Crippen MR) is 295 cm³/mol. The first-order chi connectivity index (χ1) is 33.7. The van der Waals surface area contributed by atoms with E-state index in [1.807, 2.05) is 6.20 Å². The van der Waals surface area contributed by atoms with Crippen molar-refractivity contribution in [2.45, 2.75) is 77.0 Å². The Morgan fingerprint density at radius 3 is 1.47 bits per heavy atom. The van der Waals surface area contributed by atoms with E-state index in [2.05, 4.69) is 282 Å². The summed E-state index contributed by atoms with van der Waals surface area (Å²) in [5.74, 6) is 0.900. The largest absolute Gasteiger partial charge is 0.321 e. The lowest BCUT2D eigenvalue weighted by molar-refractivity contribution is 0.568. The minimum Gasteiger partial charge on any atom is -0.321 e. The Kier molecular flexibility index (Phi) is 10.9. The molecule has 4 heteroatoms. The number of anilines is 4. The minimum atomic E-state index is -0.708. The molecule has 0 N–H and O–H groups in total. The van der Waals surface area contributed by atoms with Crippen LogP contribution in [0.4, 0.5) is 22.7 Å². The fourth-order valence-electron chi connectivity index (χ4n) is 11.0. The van der Waals surface area contributed by atoms with E-state index in [0.29, 0.717) is 6.67 Å². The number of rotatable bonds is 9. The summed E-state index contributed by atoms with van der Waals surface area (Å²) in [7, 11) is 0. The van der Waals surface area contributed by atoms with Gasteiger partial charge in [0.1, 0.15) is 12.5 Å².